The molecule has 31 heavy (non-hydrogen) atoms. The van der Waals surface area contributed by atoms with Gasteiger partial charge in [0.05, 0.1) is 12.1 Å². The molecule has 4 rings (SSSR count). The average molecular weight is 419 g/mol. The molecule has 0 aliphatic carbocycles. The van der Waals surface area contributed by atoms with Gasteiger partial charge in [0.15, 0.2) is 5.82 Å². The number of rotatable bonds is 5. The van der Waals surface area contributed by atoms with Gasteiger partial charge < -0.3 is 5.32 Å². The van der Waals surface area contributed by atoms with Gasteiger partial charge in [0.25, 0.3) is 5.95 Å². The van der Waals surface area contributed by atoms with Gasteiger partial charge in [0, 0.05) is 33.9 Å². The quantitative estimate of drug-likeness (QED) is 0.508. The van der Waals surface area contributed by atoms with Crippen molar-refractivity contribution in [3.63, 3.8) is 0 Å². The van der Waals surface area contributed by atoms with Crippen LogP contribution in [0.15, 0.2) is 39.6 Å². The van der Waals surface area contributed by atoms with E-state index >= 15 is 0 Å². The van der Waals surface area contributed by atoms with Crippen LogP contribution in [0, 0.1) is 27.7 Å². The fourth-order valence-corrected chi connectivity index (χ4v) is 3.39. The highest BCUT2D eigenvalue weighted by molar-refractivity contribution is 5.93. The highest BCUT2D eigenvalue weighted by Gasteiger charge is 2.18. The van der Waals surface area contributed by atoms with Gasteiger partial charge in [-0.15, -0.1) is 0 Å². The third-order valence-electron chi connectivity index (χ3n) is 4.80. The van der Waals surface area contributed by atoms with E-state index < -0.39 is 5.76 Å². The molecule has 2 N–H and O–H groups in total. The topological polar surface area (TPSA) is 132 Å². The molecule has 10 heteroatoms. The first-order valence-electron chi connectivity index (χ1n) is 9.64. The van der Waals surface area contributed by atoms with Gasteiger partial charge in [-0.25, -0.2) is 19.4 Å². The molecule has 4 aromatic rings. The number of amides is 1. The Bertz CT molecular complexity index is 1310. The normalized spacial score (nSPS) is 11.0. The highest BCUT2D eigenvalue weighted by atomic mass is 16.5. The number of aromatic nitrogens is 6. The zero-order valence-corrected chi connectivity index (χ0v) is 17.6. The standard InChI is InChI=1S/C21H21N7O3/c1-11-8-12(2)23-20(22-11)28-14(4)17(13(3)26-28)10-18(29)24-16-7-5-6-15(9-16)19-25-21(30)31-27-19/h5-9H,10H2,1-4H3,(H,24,29)(H,25,27,30). The lowest BCUT2D eigenvalue weighted by molar-refractivity contribution is -0.115. The van der Waals surface area contributed by atoms with Crippen molar-refractivity contribution in [2.75, 3.05) is 5.32 Å². The van der Waals surface area contributed by atoms with Crippen LogP contribution in [-0.4, -0.2) is 35.8 Å². The Labute approximate surface area is 177 Å². The number of carbonyl (C=O) groups excluding carboxylic acids is 1. The Morgan fingerprint density at radius 2 is 1.87 bits per heavy atom. The molecule has 10 nitrogen and oxygen atoms in total. The molecule has 3 aromatic heterocycles. The maximum atomic E-state index is 12.7. The lowest BCUT2D eigenvalue weighted by atomic mass is 10.1. The van der Waals surface area contributed by atoms with Crippen molar-refractivity contribution in [3.8, 4) is 17.3 Å². The predicted octanol–water partition coefficient (Wildman–Crippen LogP) is 2.42. The van der Waals surface area contributed by atoms with E-state index in [0.29, 0.717) is 23.0 Å². The van der Waals surface area contributed by atoms with Gasteiger partial charge in [-0.3, -0.25) is 14.3 Å². The molecule has 0 bridgehead atoms. The zero-order chi connectivity index (χ0) is 22.1. The third kappa shape index (κ3) is 4.27. The Balaban J connectivity index is 1.54. The Kier molecular flexibility index (Phi) is 5.20. The fourth-order valence-electron chi connectivity index (χ4n) is 3.39. The number of benzene rings is 1. The molecule has 0 unspecified atom stereocenters. The van der Waals surface area contributed by atoms with Crippen LogP contribution in [0.2, 0.25) is 0 Å². The molecule has 0 fully saturated rings. The van der Waals surface area contributed by atoms with Crippen molar-refractivity contribution in [1.29, 1.82) is 0 Å². The average Bonchev–Trinajstić information content (AvgIpc) is 3.26. The molecule has 158 valence electrons. The van der Waals surface area contributed by atoms with E-state index in [0.717, 1.165) is 28.3 Å². The summed E-state index contributed by atoms with van der Waals surface area (Å²) in [6.07, 6.45) is 0.146. The Morgan fingerprint density at radius 3 is 2.55 bits per heavy atom. The molecule has 0 saturated heterocycles. The second-order valence-electron chi connectivity index (χ2n) is 7.26. The monoisotopic (exact) mass is 419 g/mol. The van der Waals surface area contributed by atoms with E-state index in [1.807, 2.05) is 33.8 Å². The van der Waals surface area contributed by atoms with Crippen molar-refractivity contribution < 1.29 is 9.32 Å². The minimum Gasteiger partial charge on any atom is -0.326 e. The largest absolute Gasteiger partial charge is 0.439 e. The van der Waals surface area contributed by atoms with Gasteiger partial charge >= 0.3 is 5.76 Å². The summed E-state index contributed by atoms with van der Waals surface area (Å²) >= 11 is 0. The number of carbonyl (C=O) groups is 1. The molecule has 1 amide bonds. The van der Waals surface area contributed by atoms with Crippen molar-refractivity contribution >= 4 is 11.6 Å². The van der Waals surface area contributed by atoms with Crippen LogP contribution in [0.3, 0.4) is 0 Å². The Morgan fingerprint density at radius 1 is 1.13 bits per heavy atom. The molecule has 0 aliphatic heterocycles. The summed E-state index contributed by atoms with van der Waals surface area (Å²) < 4.78 is 6.20. The summed E-state index contributed by atoms with van der Waals surface area (Å²) in [5.41, 5.74) is 5.26. The number of nitrogens with one attached hydrogen (secondary N) is 2. The van der Waals surface area contributed by atoms with Gasteiger partial charge in [-0.1, -0.05) is 17.3 Å². The van der Waals surface area contributed by atoms with Crippen molar-refractivity contribution in [3.05, 3.63) is 69.2 Å². The van der Waals surface area contributed by atoms with Crippen LogP contribution in [-0.2, 0) is 11.2 Å². The fraction of sp³-hybridized carbons (Fsp3) is 0.238. The molecule has 3 heterocycles. The van der Waals surface area contributed by atoms with Crippen molar-refractivity contribution in [2.24, 2.45) is 0 Å². The molecule has 0 spiro atoms. The van der Waals surface area contributed by atoms with Gasteiger partial charge in [-0.2, -0.15) is 5.10 Å². The lowest BCUT2D eigenvalue weighted by Gasteiger charge is -2.08. The zero-order valence-electron chi connectivity index (χ0n) is 17.6. The van der Waals surface area contributed by atoms with Crippen LogP contribution in [0.25, 0.3) is 17.3 Å². The molecule has 1 aromatic carbocycles. The summed E-state index contributed by atoms with van der Waals surface area (Å²) in [5, 5.41) is 11.1. The second kappa shape index (κ2) is 7.98. The van der Waals surface area contributed by atoms with E-state index in [1.54, 1.807) is 28.9 Å². The molecule has 0 atom stereocenters. The predicted molar refractivity (Wildman–Crippen MR) is 113 cm³/mol. The van der Waals surface area contributed by atoms with E-state index in [2.05, 4.69) is 35.0 Å². The van der Waals surface area contributed by atoms with E-state index in [9.17, 15) is 9.59 Å². The number of aryl methyl sites for hydroxylation is 3. The van der Waals surface area contributed by atoms with E-state index in [1.165, 1.54) is 0 Å². The van der Waals surface area contributed by atoms with E-state index in [4.69, 9.17) is 0 Å². The van der Waals surface area contributed by atoms with Crippen LogP contribution >= 0.6 is 0 Å². The molecule has 0 aliphatic rings. The minimum atomic E-state index is -0.639. The van der Waals surface area contributed by atoms with Crippen molar-refractivity contribution in [1.82, 2.24) is 29.9 Å². The van der Waals surface area contributed by atoms with Crippen LogP contribution in [0.5, 0.6) is 0 Å². The number of anilines is 1. The third-order valence-corrected chi connectivity index (χ3v) is 4.80. The summed E-state index contributed by atoms with van der Waals surface area (Å²) in [5.74, 6) is -0.0559. The SMILES string of the molecule is Cc1cc(C)nc(-n2nc(C)c(CC(=O)Nc3cccc(-c4noc(=O)[nH]4)c3)c2C)n1. The van der Waals surface area contributed by atoms with Gasteiger partial charge in [0.2, 0.25) is 5.91 Å². The smallest absolute Gasteiger partial charge is 0.326 e. The number of nitrogens with zero attached hydrogens (tertiary/aromatic N) is 5. The second-order valence-corrected chi connectivity index (χ2v) is 7.26. The van der Waals surface area contributed by atoms with Crippen LogP contribution < -0.4 is 11.1 Å². The molecule has 0 saturated carbocycles. The molecule has 0 radical (unpaired) electrons. The van der Waals surface area contributed by atoms with E-state index in [-0.39, 0.29) is 12.3 Å². The molecular formula is C21H21N7O3. The van der Waals surface area contributed by atoms with Gasteiger partial charge in [0.1, 0.15) is 0 Å². The summed E-state index contributed by atoms with van der Waals surface area (Å²) in [7, 11) is 0. The number of hydrogen-bond donors (Lipinski definition) is 2. The first kappa shape index (κ1) is 20.2. The summed E-state index contributed by atoms with van der Waals surface area (Å²) in [6.45, 7) is 7.56. The summed E-state index contributed by atoms with van der Waals surface area (Å²) in [4.78, 5) is 35.3. The van der Waals surface area contributed by atoms with Crippen molar-refractivity contribution in [2.45, 2.75) is 34.1 Å². The maximum absolute atomic E-state index is 12.7. The molecular weight excluding hydrogens is 398 g/mol. The Hall–Kier alpha value is -4.08. The highest BCUT2D eigenvalue weighted by Crippen LogP contribution is 2.20. The first-order valence-corrected chi connectivity index (χ1v) is 9.64. The van der Waals surface area contributed by atoms with Crippen LogP contribution in [0.1, 0.15) is 28.3 Å². The number of hydrogen-bond acceptors (Lipinski definition) is 7. The summed E-state index contributed by atoms with van der Waals surface area (Å²) in [6, 6.07) is 8.87. The number of H-pyrrole nitrogens is 1. The van der Waals surface area contributed by atoms with Crippen LogP contribution in [0.4, 0.5) is 5.69 Å². The first-order chi connectivity index (χ1) is 14.8. The van der Waals surface area contributed by atoms with Gasteiger partial charge in [-0.05, 0) is 45.9 Å². The maximum Gasteiger partial charge on any atom is 0.439 e. The lowest BCUT2D eigenvalue weighted by Crippen LogP contribution is -2.15. The minimum absolute atomic E-state index is 0.146. The number of aromatic amines is 1.